The van der Waals surface area contributed by atoms with Gasteiger partial charge in [-0.2, -0.15) is 0 Å². The van der Waals surface area contributed by atoms with Crippen molar-refractivity contribution in [2.24, 2.45) is 0 Å². The first-order chi connectivity index (χ1) is 11.6. The molecule has 0 unspecified atom stereocenters. The molecule has 0 bridgehead atoms. The van der Waals surface area contributed by atoms with E-state index < -0.39 is 0 Å². The van der Waals surface area contributed by atoms with Gasteiger partial charge in [-0.3, -0.25) is 9.69 Å². The van der Waals surface area contributed by atoms with Gasteiger partial charge in [-0.1, -0.05) is 52.0 Å². The summed E-state index contributed by atoms with van der Waals surface area (Å²) >= 11 is 9.95. The number of amides is 1. The molecule has 0 radical (unpaired) electrons. The molecule has 0 spiro atoms. The highest BCUT2D eigenvalue weighted by Gasteiger charge is 2.31. The smallest absolute Gasteiger partial charge is 0.266 e. The van der Waals surface area contributed by atoms with Gasteiger partial charge in [0.25, 0.3) is 5.91 Å². The lowest BCUT2D eigenvalue weighted by Crippen LogP contribution is -2.31. The molecular weight excluding hydrogens is 410 g/mol. The van der Waals surface area contributed by atoms with E-state index in [9.17, 15) is 4.79 Å². The van der Waals surface area contributed by atoms with E-state index in [1.165, 1.54) is 11.8 Å². The van der Waals surface area contributed by atoms with Crippen LogP contribution in [0.1, 0.15) is 5.76 Å². The summed E-state index contributed by atoms with van der Waals surface area (Å²) in [5.74, 6) is 1.27. The molecule has 2 aromatic rings. The zero-order valence-electron chi connectivity index (χ0n) is 12.8. The summed E-state index contributed by atoms with van der Waals surface area (Å²) in [7, 11) is 1.60. The topological polar surface area (TPSA) is 42.7 Å². The second-order valence-corrected chi connectivity index (χ2v) is 7.63. The van der Waals surface area contributed by atoms with E-state index in [1.807, 2.05) is 36.4 Å². The van der Waals surface area contributed by atoms with Crippen LogP contribution >= 0.6 is 39.9 Å². The minimum absolute atomic E-state index is 0.108. The largest absolute Gasteiger partial charge is 0.457 e. The van der Waals surface area contributed by atoms with Crippen molar-refractivity contribution in [1.82, 2.24) is 4.90 Å². The van der Waals surface area contributed by atoms with E-state index >= 15 is 0 Å². The number of hydrogen-bond acceptors (Lipinski definition) is 5. The summed E-state index contributed by atoms with van der Waals surface area (Å²) in [5, 5.41) is 0. The van der Waals surface area contributed by atoms with Crippen LogP contribution in [0.4, 0.5) is 0 Å². The van der Waals surface area contributed by atoms with Crippen LogP contribution in [0.15, 0.2) is 50.2 Å². The maximum absolute atomic E-state index is 12.4. The molecule has 7 heteroatoms. The SMILES string of the molecule is COCCN1C(=O)/C(=C/c2ccc(-c3ccc(Br)cc3)o2)SC1=S. The van der Waals surface area contributed by atoms with Crippen molar-refractivity contribution in [3.8, 4) is 11.3 Å². The van der Waals surface area contributed by atoms with Gasteiger partial charge in [-0.15, -0.1) is 0 Å². The number of thiocarbonyl (C=S) groups is 1. The van der Waals surface area contributed by atoms with Gasteiger partial charge in [0.15, 0.2) is 0 Å². The summed E-state index contributed by atoms with van der Waals surface area (Å²) in [4.78, 5) is 14.5. The van der Waals surface area contributed by atoms with Crippen LogP contribution in [0.3, 0.4) is 0 Å². The number of methoxy groups -OCH3 is 1. The van der Waals surface area contributed by atoms with Gasteiger partial charge in [0.2, 0.25) is 0 Å². The fourth-order valence-electron chi connectivity index (χ4n) is 2.20. The molecular formula is C17H14BrNO3S2. The third kappa shape index (κ3) is 3.80. The van der Waals surface area contributed by atoms with Crippen LogP contribution in [0.2, 0.25) is 0 Å². The first-order valence-corrected chi connectivity index (χ1v) is 9.20. The van der Waals surface area contributed by atoms with Crippen molar-refractivity contribution in [2.45, 2.75) is 0 Å². The maximum atomic E-state index is 12.4. The summed E-state index contributed by atoms with van der Waals surface area (Å²) in [6.45, 7) is 0.912. The number of furan rings is 1. The Morgan fingerprint density at radius 1 is 1.29 bits per heavy atom. The van der Waals surface area contributed by atoms with Crippen LogP contribution in [-0.4, -0.2) is 35.4 Å². The van der Waals surface area contributed by atoms with Crippen molar-refractivity contribution in [1.29, 1.82) is 0 Å². The Kier molecular flexibility index (Phi) is 5.55. The normalized spacial score (nSPS) is 16.4. The van der Waals surface area contributed by atoms with E-state index in [1.54, 1.807) is 18.1 Å². The molecule has 1 aromatic heterocycles. The van der Waals surface area contributed by atoms with E-state index in [0.717, 1.165) is 15.8 Å². The summed E-state index contributed by atoms with van der Waals surface area (Å²) < 4.78 is 12.4. The Hall–Kier alpha value is -1.41. The lowest BCUT2D eigenvalue weighted by atomic mass is 10.2. The van der Waals surface area contributed by atoms with E-state index in [2.05, 4.69) is 15.9 Å². The molecule has 0 saturated carbocycles. The lowest BCUT2D eigenvalue weighted by Gasteiger charge is -2.12. The fourth-order valence-corrected chi connectivity index (χ4v) is 3.76. The van der Waals surface area contributed by atoms with Crippen LogP contribution in [0.25, 0.3) is 17.4 Å². The van der Waals surface area contributed by atoms with E-state index in [-0.39, 0.29) is 5.91 Å². The van der Waals surface area contributed by atoms with Crippen molar-refractivity contribution < 1.29 is 13.9 Å². The molecule has 3 rings (SSSR count). The Morgan fingerprint density at radius 3 is 2.75 bits per heavy atom. The predicted molar refractivity (Wildman–Crippen MR) is 104 cm³/mol. The predicted octanol–water partition coefficient (Wildman–Crippen LogP) is 4.56. The fraction of sp³-hybridized carbons (Fsp3) is 0.176. The second kappa shape index (κ2) is 7.65. The highest BCUT2D eigenvalue weighted by atomic mass is 79.9. The summed E-state index contributed by atoms with van der Waals surface area (Å²) in [5.41, 5.74) is 0.977. The quantitative estimate of drug-likeness (QED) is 0.520. The van der Waals surface area contributed by atoms with Crippen molar-refractivity contribution in [3.63, 3.8) is 0 Å². The third-order valence-corrected chi connectivity index (χ3v) is 5.33. The van der Waals surface area contributed by atoms with Gasteiger partial charge in [0.05, 0.1) is 18.1 Å². The molecule has 1 aromatic carbocycles. The maximum Gasteiger partial charge on any atom is 0.266 e. The second-order valence-electron chi connectivity index (χ2n) is 5.04. The van der Waals surface area contributed by atoms with Crippen LogP contribution < -0.4 is 0 Å². The molecule has 1 saturated heterocycles. The van der Waals surface area contributed by atoms with Gasteiger partial charge in [-0.05, 0) is 24.3 Å². The zero-order valence-corrected chi connectivity index (χ0v) is 16.0. The molecule has 1 amide bonds. The van der Waals surface area contributed by atoms with Crippen molar-refractivity contribution in [2.75, 3.05) is 20.3 Å². The number of ether oxygens (including phenoxy) is 1. The monoisotopic (exact) mass is 423 g/mol. The number of rotatable bonds is 5. The van der Waals surface area contributed by atoms with E-state index in [4.69, 9.17) is 21.4 Å². The van der Waals surface area contributed by atoms with Crippen molar-refractivity contribution in [3.05, 3.63) is 51.5 Å². The van der Waals surface area contributed by atoms with Gasteiger partial charge in [0.1, 0.15) is 15.8 Å². The zero-order chi connectivity index (χ0) is 17.1. The average molecular weight is 424 g/mol. The number of hydrogen-bond donors (Lipinski definition) is 0. The van der Waals surface area contributed by atoms with Gasteiger partial charge in [-0.25, -0.2) is 0 Å². The van der Waals surface area contributed by atoms with Crippen LogP contribution in [0.5, 0.6) is 0 Å². The highest BCUT2D eigenvalue weighted by molar-refractivity contribution is 9.10. The number of carbonyl (C=O) groups excluding carboxylic acids is 1. The highest BCUT2D eigenvalue weighted by Crippen LogP contribution is 2.33. The first kappa shape index (κ1) is 17.4. The minimum atomic E-state index is -0.108. The van der Waals surface area contributed by atoms with Crippen LogP contribution in [0, 0.1) is 0 Å². The third-order valence-electron chi connectivity index (χ3n) is 3.42. The average Bonchev–Trinajstić information content (AvgIpc) is 3.13. The number of carbonyl (C=O) groups is 1. The molecule has 1 fully saturated rings. The lowest BCUT2D eigenvalue weighted by molar-refractivity contribution is -0.122. The molecule has 0 N–H and O–H groups in total. The Morgan fingerprint density at radius 2 is 2.04 bits per heavy atom. The first-order valence-electron chi connectivity index (χ1n) is 7.18. The molecule has 24 heavy (non-hydrogen) atoms. The number of thioether (sulfide) groups is 1. The standard InChI is InChI=1S/C17H14BrNO3S2/c1-21-9-8-19-16(20)15(24-17(19)23)10-13-6-7-14(22-13)11-2-4-12(18)5-3-11/h2-7,10H,8-9H2,1H3/b15-10-. The molecule has 0 aliphatic carbocycles. The van der Waals surface area contributed by atoms with Gasteiger partial charge < -0.3 is 9.15 Å². The van der Waals surface area contributed by atoms with Crippen molar-refractivity contribution >= 4 is 56.2 Å². The number of nitrogens with zero attached hydrogens (tertiary/aromatic N) is 1. The van der Waals surface area contributed by atoms with Crippen LogP contribution in [-0.2, 0) is 9.53 Å². The Labute approximate surface area is 158 Å². The molecule has 124 valence electrons. The Balaban J connectivity index is 1.78. The van der Waals surface area contributed by atoms with E-state index in [0.29, 0.717) is 28.1 Å². The minimum Gasteiger partial charge on any atom is -0.457 e. The molecule has 0 atom stereocenters. The molecule has 2 heterocycles. The number of benzene rings is 1. The summed E-state index contributed by atoms with van der Waals surface area (Å²) in [6.07, 6.45) is 1.73. The van der Waals surface area contributed by atoms with Gasteiger partial charge in [0, 0.05) is 23.2 Å². The number of halogens is 1. The Bertz CT molecular complexity index is 798. The summed E-state index contributed by atoms with van der Waals surface area (Å²) in [6, 6.07) is 11.6. The van der Waals surface area contributed by atoms with Gasteiger partial charge >= 0.3 is 0 Å². The molecule has 1 aliphatic rings. The molecule has 4 nitrogen and oxygen atoms in total. The molecule has 1 aliphatic heterocycles.